The third kappa shape index (κ3) is 8.71. The van der Waals surface area contributed by atoms with Crippen LogP contribution in [0.15, 0.2) is 30.3 Å². The highest BCUT2D eigenvalue weighted by Crippen LogP contribution is 2.15. The highest BCUT2D eigenvalue weighted by atomic mass is 16.2. The lowest BCUT2D eigenvalue weighted by Gasteiger charge is -2.22. The van der Waals surface area contributed by atoms with E-state index in [-0.39, 0.29) is 23.8 Å². The maximum atomic E-state index is 12.7. The minimum absolute atomic E-state index is 0.0912. The zero-order chi connectivity index (χ0) is 18.8. The summed E-state index contributed by atoms with van der Waals surface area (Å²) in [7, 11) is 0. The fourth-order valence-electron chi connectivity index (χ4n) is 2.77. The summed E-state index contributed by atoms with van der Waals surface area (Å²) in [6, 6.07) is 8.89. The van der Waals surface area contributed by atoms with Crippen LogP contribution in [0.4, 0.5) is 0 Å². The molecule has 2 atom stereocenters. The molecule has 0 spiro atoms. The molecule has 1 aromatic rings. The molecule has 0 aliphatic heterocycles. The molecule has 1 rings (SSSR count). The van der Waals surface area contributed by atoms with Crippen LogP contribution in [-0.2, 0) is 9.59 Å². The molecule has 2 amide bonds. The molecule has 0 heterocycles. The average Bonchev–Trinajstić information content (AvgIpc) is 2.52. The van der Waals surface area contributed by atoms with E-state index < -0.39 is 6.04 Å². The first kappa shape index (κ1) is 21.2. The van der Waals surface area contributed by atoms with Gasteiger partial charge in [-0.15, -0.1) is 0 Å². The lowest BCUT2D eigenvalue weighted by molar-refractivity contribution is -0.130. The summed E-state index contributed by atoms with van der Waals surface area (Å²) in [5, 5.41) is 5.95. The first-order valence-corrected chi connectivity index (χ1v) is 9.44. The van der Waals surface area contributed by atoms with Gasteiger partial charge in [0, 0.05) is 12.5 Å². The molecule has 0 aliphatic carbocycles. The highest BCUT2D eigenvalue weighted by molar-refractivity contribution is 5.88. The van der Waals surface area contributed by atoms with Crippen LogP contribution in [0.25, 0.3) is 0 Å². The number of hydrogen-bond acceptors (Lipinski definition) is 2. The zero-order valence-electron chi connectivity index (χ0n) is 16.3. The van der Waals surface area contributed by atoms with Gasteiger partial charge in [0.1, 0.15) is 6.04 Å². The molecule has 0 saturated heterocycles. The number of rotatable bonds is 10. The van der Waals surface area contributed by atoms with E-state index in [0.717, 1.165) is 24.8 Å². The molecule has 1 aromatic carbocycles. The number of benzene rings is 1. The van der Waals surface area contributed by atoms with Crippen molar-refractivity contribution < 1.29 is 9.59 Å². The zero-order valence-corrected chi connectivity index (χ0v) is 16.3. The summed E-state index contributed by atoms with van der Waals surface area (Å²) >= 11 is 0. The van der Waals surface area contributed by atoms with Crippen molar-refractivity contribution in [1.29, 1.82) is 0 Å². The SMILES string of the molecule is CC(C)CCCC(C)NC(=O)C(NC(=O)CC(C)C)c1ccccc1. The Bertz CT molecular complexity index is 526. The molecular formula is C21H34N2O2. The van der Waals surface area contributed by atoms with Gasteiger partial charge in [-0.1, -0.05) is 70.9 Å². The molecule has 0 fully saturated rings. The predicted octanol–water partition coefficient (Wildman–Crippen LogP) is 4.22. The van der Waals surface area contributed by atoms with E-state index >= 15 is 0 Å². The minimum atomic E-state index is -0.639. The van der Waals surface area contributed by atoms with E-state index in [9.17, 15) is 9.59 Å². The van der Waals surface area contributed by atoms with Crippen LogP contribution < -0.4 is 10.6 Å². The molecule has 0 saturated carbocycles. The van der Waals surface area contributed by atoms with Crippen molar-refractivity contribution in [2.24, 2.45) is 11.8 Å². The van der Waals surface area contributed by atoms with Gasteiger partial charge in [-0.2, -0.15) is 0 Å². The molecule has 0 aliphatic rings. The van der Waals surface area contributed by atoms with Crippen molar-refractivity contribution in [1.82, 2.24) is 10.6 Å². The van der Waals surface area contributed by atoms with Crippen LogP contribution >= 0.6 is 0 Å². The van der Waals surface area contributed by atoms with Gasteiger partial charge in [0.15, 0.2) is 0 Å². The van der Waals surface area contributed by atoms with Crippen LogP contribution in [0.2, 0.25) is 0 Å². The first-order valence-electron chi connectivity index (χ1n) is 9.44. The van der Waals surface area contributed by atoms with Gasteiger partial charge in [-0.3, -0.25) is 9.59 Å². The number of amides is 2. The Balaban J connectivity index is 2.71. The highest BCUT2D eigenvalue weighted by Gasteiger charge is 2.24. The summed E-state index contributed by atoms with van der Waals surface area (Å²) < 4.78 is 0. The molecular weight excluding hydrogens is 312 g/mol. The fraction of sp³-hybridized carbons (Fsp3) is 0.619. The van der Waals surface area contributed by atoms with Gasteiger partial charge >= 0.3 is 0 Å². The Morgan fingerprint density at radius 2 is 1.52 bits per heavy atom. The molecule has 2 unspecified atom stereocenters. The standard InChI is InChI=1S/C21H34N2O2/c1-15(2)10-9-11-17(5)22-21(25)20(18-12-7-6-8-13-18)23-19(24)14-16(3)4/h6-8,12-13,15-17,20H,9-11,14H2,1-5H3,(H,22,25)(H,23,24). The van der Waals surface area contributed by atoms with Crippen molar-refractivity contribution in [3.05, 3.63) is 35.9 Å². The molecule has 140 valence electrons. The summed E-state index contributed by atoms with van der Waals surface area (Å²) in [6.07, 6.45) is 3.62. The van der Waals surface area contributed by atoms with Crippen LogP contribution in [0.5, 0.6) is 0 Å². The summed E-state index contributed by atoms with van der Waals surface area (Å²) in [5.74, 6) is 0.705. The number of hydrogen-bond donors (Lipinski definition) is 2. The third-order valence-electron chi connectivity index (χ3n) is 4.10. The van der Waals surface area contributed by atoms with Gasteiger partial charge in [-0.25, -0.2) is 0 Å². The van der Waals surface area contributed by atoms with Gasteiger partial charge < -0.3 is 10.6 Å². The minimum Gasteiger partial charge on any atom is -0.352 e. The van der Waals surface area contributed by atoms with Crippen LogP contribution in [-0.4, -0.2) is 17.9 Å². The van der Waals surface area contributed by atoms with Crippen LogP contribution in [0.3, 0.4) is 0 Å². The summed E-state index contributed by atoms with van der Waals surface area (Å²) in [4.78, 5) is 24.9. The molecule has 4 heteroatoms. The Labute approximate surface area is 152 Å². The van der Waals surface area contributed by atoms with Gasteiger partial charge in [-0.05, 0) is 30.7 Å². The molecule has 4 nitrogen and oxygen atoms in total. The number of nitrogens with one attached hydrogen (secondary N) is 2. The van der Waals surface area contributed by atoms with E-state index in [2.05, 4.69) is 24.5 Å². The second-order valence-electron chi connectivity index (χ2n) is 7.74. The number of carbonyl (C=O) groups is 2. The lowest BCUT2D eigenvalue weighted by atomic mass is 10.0. The molecule has 0 bridgehead atoms. The van der Waals surface area contributed by atoms with Gasteiger partial charge in [0.25, 0.3) is 0 Å². The summed E-state index contributed by atoms with van der Waals surface area (Å²) in [6.45, 7) is 10.4. The molecule has 0 aromatic heterocycles. The van der Waals surface area contributed by atoms with Crippen LogP contribution in [0.1, 0.15) is 71.9 Å². The second-order valence-corrected chi connectivity index (χ2v) is 7.74. The predicted molar refractivity (Wildman–Crippen MR) is 103 cm³/mol. The number of carbonyl (C=O) groups excluding carboxylic acids is 2. The maximum absolute atomic E-state index is 12.7. The van der Waals surface area contributed by atoms with E-state index in [1.807, 2.05) is 51.1 Å². The van der Waals surface area contributed by atoms with Crippen molar-refractivity contribution in [2.75, 3.05) is 0 Å². The van der Waals surface area contributed by atoms with E-state index in [0.29, 0.717) is 12.3 Å². The van der Waals surface area contributed by atoms with E-state index in [1.54, 1.807) is 0 Å². The largest absolute Gasteiger partial charge is 0.352 e. The monoisotopic (exact) mass is 346 g/mol. The van der Waals surface area contributed by atoms with Gasteiger partial charge in [0.05, 0.1) is 0 Å². The lowest BCUT2D eigenvalue weighted by Crippen LogP contribution is -2.43. The maximum Gasteiger partial charge on any atom is 0.247 e. The van der Waals surface area contributed by atoms with Crippen molar-refractivity contribution in [2.45, 2.75) is 72.4 Å². The first-order chi connectivity index (χ1) is 11.8. The molecule has 25 heavy (non-hydrogen) atoms. The smallest absolute Gasteiger partial charge is 0.247 e. The fourth-order valence-corrected chi connectivity index (χ4v) is 2.77. The second kappa shape index (κ2) is 10.9. The quantitative estimate of drug-likeness (QED) is 0.666. The van der Waals surface area contributed by atoms with Crippen molar-refractivity contribution >= 4 is 11.8 Å². The summed E-state index contributed by atoms with van der Waals surface area (Å²) in [5.41, 5.74) is 0.812. The Morgan fingerprint density at radius 3 is 2.08 bits per heavy atom. The van der Waals surface area contributed by atoms with E-state index in [1.165, 1.54) is 0 Å². The average molecular weight is 347 g/mol. The normalized spacial score (nSPS) is 13.6. The van der Waals surface area contributed by atoms with Crippen molar-refractivity contribution in [3.8, 4) is 0 Å². The molecule has 0 radical (unpaired) electrons. The van der Waals surface area contributed by atoms with Gasteiger partial charge in [0.2, 0.25) is 11.8 Å². The Morgan fingerprint density at radius 1 is 0.880 bits per heavy atom. The Kier molecular flexibility index (Phi) is 9.25. The van der Waals surface area contributed by atoms with E-state index in [4.69, 9.17) is 0 Å². The molecule has 2 N–H and O–H groups in total. The van der Waals surface area contributed by atoms with Crippen LogP contribution in [0, 0.1) is 11.8 Å². The third-order valence-corrected chi connectivity index (χ3v) is 4.10. The topological polar surface area (TPSA) is 58.2 Å². The Hall–Kier alpha value is -1.84. The van der Waals surface area contributed by atoms with Crippen molar-refractivity contribution in [3.63, 3.8) is 0 Å².